The van der Waals surface area contributed by atoms with Crippen molar-refractivity contribution < 1.29 is 22.5 Å². The number of anilines is 1. The fraction of sp³-hybridized carbons (Fsp3) is 0.217. The Balaban J connectivity index is 1.52. The van der Waals surface area contributed by atoms with E-state index in [0.29, 0.717) is 16.5 Å². The molecule has 8 heteroatoms. The molecule has 1 aliphatic carbocycles. The fourth-order valence-electron chi connectivity index (χ4n) is 3.54. The van der Waals surface area contributed by atoms with Crippen molar-refractivity contribution in [2.45, 2.75) is 31.9 Å². The van der Waals surface area contributed by atoms with Crippen LogP contribution < -0.4 is 5.32 Å². The van der Waals surface area contributed by atoms with Crippen LogP contribution in [0.1, 0.15) is 35.2 Å². The maximum Gasteiger partial charge on any atom is 0.416 e. The predicted octanol–water partition coefficient (Wildman–Crippen LogP) is 6.54. The number of halogens is 4. The number of fused-ring (bicyclic) bond motifs is 1. The number of nitrogens with zero attached hydrogens (tertiary/aromatic N) is 1. The molecule has 0 spiro atoms. The quantitative estimate of drug-likeness (QED) is 0.463. The van der Waals surface area contributed by atoms with Gasteiger partial charge in [0, 0.05) is 17.2 Å². The molecule has 0 atom stereocenters. The van der Waals surface area contributed by atoms with E-state index in [4.69, 9.17) is 16.1 Å². The molecule has 31 heavy (non-hydrogen) atoms. The number of hydrogen-bond acceptors (Lipinski definition) is 3. The Morgan fingerprint density at radius 2 is 1.94 bits per heavy atom. The molecular formula is C23H18ClF3N2O2. The van der Waals surface area contributed by atoms with Gasteiger partial charge in [-0.15, -0.1) is 0 Å². The Hall–Kier alpha value is -3.06. The number of carbonyl (C=O) groups is 1. The fourth-order valence-corrected chi connectivity index (χ4v) is 3.71. The highest BCUT2D eigenvalue weighted by Gasteiger charge is 2.30. The lowest BCUT2D eigenvalue weighted by Gasteiger charge is -2.11. The lowest BCUT2D eigenvalue weighted by atomic mass is 9.94. The largest absolute Gasteiger partial charge is 0.416 e. The maximum atomic E-state index is 12.8. The van der Waals surface area contributed by atoms with E-state index in [1.54, 1.807) is 18.2 Å². The molecule has 0 radical (unpaired) electrons. The van der Waals surface area contributed by atoms with Crippen LogP contribution in [-0.2, 0) is 23.8 Å². The smallest absolute Gasteiger partial charge is 0.356 e. The average Bonchev–Trinajstić information content (AvgIpc) is 3.18. The summed E-state index contributed by atoms with van der Waals surface area (Å²) >= 11 is 6.22. The maximum absolute atomic E-state index is 12.8. The van der Waals surface area contributed by atoms with E-state index < -0.39 is 17.6 Å². The Morgan fingerprint density at radius 1 is 1.13 bits per heavy atom. The molecule has 0 aliphatic heterocycles. The lowest BCUT2D eigenvalue weighted by molar-refractivity contribution is -0.137. The third-order valence-electron chi connectivity index (χ3n) is 5.09. The van der Waals surface area contributed by atoms with Gasteiger partial charge in [-0.1, -0.05) is 28.9 Å². The number of benzene rings is 2. The second-order valence-electron chi connectivity index (χ2n) is 7.28. The summed E-state index contributed by atoms with van der Waals surface area (Å²) in [7, 11) is 0. The van der Waals surface area contributed by atoms with E-state index in [1.165, 1.54) is 18.2 Å². The summed E-state index contributed by atoms with van der Waals surface area (Å²) in [5.41, 5.74) is 2.65. The highest BCUT2D eigenvalue weighted by atomic mass is 35.5. The molecule has 1 heterocycles. The monoisotopic (exact) mass is 446 g/mol. The summed E-state index contributed by atoms with van der Waals surface area (Å²) in [5, 5.41) is 7.14. The van der Waals surface area contributed by atoms with E-state index in [-0.39, 0.29) is 5.56 Å². The summed E-state index contributed by atoms with van der Waals surface area (Å²) in [5.74, 6) is 0.150. The van der Waals surface area contributed by atoms with Crippen LogP contribution in [0.15, 0.2) is 53.1 Å². The van der Waals surface area contributed by atoms with Crippen LogP contribution in [0.2, 0.25) is 5.02 Å². The minimum atomic E-state index is -4.44. The molecule has 1 N–H and O–H groups in total. The van der Waals surface area contributed by atoms with Crippen LogP contribution >= 0.6 is 11.6 Å². The Morgan fingerprint density at radius 3 is 2.74 bits per heavy atom. The van der Waals surface area contributed by atoms with Crippen LogP contribution in [-0.4, -0.2) is 11.1 Å². The number of aryl methyl sites for hydroxylation is 1. The first-order chi connectivity index (χ1) is 14.8. The average molecular weight is 447 g/mol. The van der Waals surface area contributed by atoms with Gasteiger partial charge in [0.1, 0.15) is 0 Å². The Kier molecular flexibility index (Phi) is 5.87. The topological polar surface area (TPSA) is 55.1 Å². The van der Waals surface area contributed by atoms with Crippen LogP contribution in [0.5, 0.6) is 0 Å². The standard InChI is InChI=1S/C23H18ClF3N2O2/c24-18-10-9-15(22-17-6-1-2-7-19(17)29-31-22)13-20(18)28-21(30)11-8-14-4-3-5-16(12-14)23(25,26)27/h3-5,8-13H,1-2,6-7H2,(H,28,30)/b11-8+. The van der Waals surface area contributed by atoms with Gasteiger partial charge in [-0.2, -0.15) is 13.2 Å². The first kappa shape index (κ1) is 21.2. The molecule has 0 saturated heterocycles. The second kappa shape index (κ2) is 8.59. The van der Waals surface area contributed by atoms with Crippen molar-refractivity contribution in [3.8, 4) is 11.3 Å². The van der Waals surface area contributed by atoms with Gasteiger partial charge in [-0.3, -0.25) is 4.79 Å². The van der Waals surface area contributed by atoms with Crippen LogP contribution in [0, 0.1) is 0 Å². The molecule has 0 fully saturated rings. The van der Waals surface area contributed by atoms with Crippen LogP contribution in [0.25, 0.3) is 17.4 Å². The van der Waals surface area contributed by atoms with Gasteiger partial charge in [0.2, 0.25) is 5.91 Å². The van der Waals surface area contributed by atoms with Crippen molar-refractivity contribution in [2.75, 3.05) is 5.32 Å². The molecule has 4 nitrogen and oxygen atoms in total. The van der Waals surface area contributed by atoms with Gasteiger partial charge in [0.05, 0.1) is 22.0 Å². The molecule has 4 rings (SSSR count). The van der Waals surface area contributed by atoms with Crippen LogP contribution in [0.3, 0.4) is 0 Å². The molecule has 0 bridgehead atoms. The van der Waals surface area contributed by atoms with Gasteiger partial charge in [0.25, 0.3) is 0 Å². The SMILES string of the molecule is O=C(/C=C/c1cccc(C(F)(F)F)c1)Nc1cc(-c2onc3c2CCCC3)ccc1Cl. The Labute approximate surface area is 181 Å². The first-order valence-corrected chi connectivity index (χ1v) is 10.1. The number of amides is 1. The van der Waals surface area contributed by atoms with E-state index in [2.05, 4.69) is 10.5 Å². The minimum Gasteiger partial charge on any atom is -0.356 e. The molecule has 160 valence electrons. The summed E-state index contributed by atoms with van der Waals surface area (Å²) < 4.78 is 44.0. The van der Waals surface area contributed by atoms with E-state index in [1.807, 2.05) is 0 Å². The summed E-state index contributed by atoms with van der Waals surface area (Å²) in [6, 6.07) is 9.88. The molecule has 2 aromatic carbocycles. The lowest BCUT2D eigenvalue weighted by Crippen LogP contribution is -2.08. The summed E-state index contributed by atoms with van der Waals surface area (Å²) in [4.78, 5) is 12.3. The number of nitrogens with one attached hydrogen (secondary N) is 1. The zero-order valence-electron chi connectivity index (χ0n) is 16.3. The first-order valence-electron chi connectivity index (χ1n) is 9.75. The zero-order valence-corrected chi connectivity index (χ0v) is 17.1. The molecule has 3 aromatic rings. The van der Waals surface area contributed by atoms with Crippen molar-refractivity contribution >= 4 is 29.3 Å². The zero-order chi connectivity index (χ0) is 22.0. The number of hydrogen-bond donors (Lipinski definition) is 1. The van der Waals surface area contributed by atoms with E-state index >= 15 is 0 Å². The highest BCUT2D eigenvalue weighted by molar-refractivity contribution is 6.34. The van der Waals surface area contributed by atoms with E-state index in [9.17, 15) is 18.0 Å². The number of aromatic nitrogens is 1. The number of alkyl halides is 3. The van der Waals surface area contributed by atoms with Gasteiger partial charge in [-0.25, -0.2) is 0 Å². The van der Waals surface area contributed by atoms with Crippen molar-refractivity contribution in [3.05, 3.63) is 75.9 Å². The van der Waals surface area contributed by atoms with Crippen molar-refractivity contribution in [3.63, 3.8) is 0 Å². The summed E-state index contributed by atoms with van der Waals surface area (Å²) in [6.07, 6.45) is 1.95. The normalized spacial score (nSPS) is 13.9. The molecule has 1 aliphatic rings. The van der Waals surface area contributed by atoms with Crippen molar-refractivity contribution in [1.82, 2.24) is 5.16 Å². The van der Waals surface area contributed by atoms with E-state index in [0.717, 1.165) is 60.7 Å². The van der Waals surface area contributed by atoms with Crippen molar-refractivity contribution in [2.24, 2.45) is 0 Å². The minimum absolute atomic E-state index is 0.262. The van der Waals surface area contributed by atoms with Crippen molar-refractivity contribution in [1.29, 1.82) is 0 Å². The third-order valence-corrected chi connectivity index (χ3v) is 5.42. The molecular weight excluding hydrogens is 429 g/mol. The predicted molar refractivity (Wildman–Crippen MR) is 113 cm³/mol. The Bertz CT molecular complexity index is 1150. The van der Waals surface area contributed by atoms with Gasteiger partial charge < -0.3 is 9.84 Å². The number of carbonyl (C=O) groups excluding carboxylic acids is 1. The summed E-state index contributed by atoms with van der Waals surface area (Å²) in [6.45, 7) is 0. The van der Waals surface area contributed by atoms with Crippen LogP contribution in [0.4, 0.5) is 18.9 Å². The van der Waals surface area contributed by atoms with Gasteiger partial charge >= 0.3 is 6.18 Å². The molecule has 1 amide bonds. The molecule has 0 saturated carbocycles. The number of rotatable bonds is 4. The molecule has 1 aromatic heterocycles. The van der Waals surface area contributed by atoms with Gasteiger partial charge in [0.15, 0.2) is 5.76 Å². The highest BCUT2D eigenvalue weighted by Crippen LogP contribution is 2.35. The second-order valence-corrected chi connectivity index (χ2v) is 7.69. The van der Waals surface area contributed by atoms with Gasteiger partial charge in [-0.05, 0) is 67.7 Å². The third kappa shape index (κ3) is 4.82. The molecule has 0 unspecified atom stereocenters.